The second-order valence-electron chi connectivity index (χ2n) is 2.16. The van der Waals surface area contributed by atoms with E-state index in [1.54, 1.807) is 0 Å². The van der Waals surface area contributed by atoms with Gasteiger partial charge in [-0.1, -0.05) is 13.3 Å². The number of aliphatic imine (C=N–C) groups is 1. The molecule has 8 heteroatoms. The molecule has 12 N–H and O–H groups in total. The zero-order chi connectivity index (χ0) is 8.69. The van der Waals surface area contributed by atoms with E-state index in [9.17, 15) is 0 Å². The molecule has 0 aliphatic heterocycles. The molecule has 0 fully saturated rings. The van der Waals surface area contributed by atoms with Gasteiger partial charge in [0.1, 0.15) is 0 Å². The van der Waals surface area contributed by atoms with Gasteiger partial charge in [-0.25, -0.2) is 0 Å². The normalized spacial score (nSPS) is 8.79. The molecule has 0 unspecified atom stereocenters. The minimum absolute atomic E-state index is 0. The highest BCUT2D eigenvalue weighted by atomic mass is 35.5. The average molecular weight is 228 g/mol. The van der Waals surface area contributed by atoms with Crippen LogP contribution in [0.15, 0.2) is 4.99 Å². The van der Waals surface area contributed by atoms with E-state index in [2.05, 4.69) is 17.2 Å². The number of nitrogens with two attached hydrogens (primary N) is 2. The Morgan fingerprint density at radius 2 is 1.86 bits per heavy atom. The van der Waals surface area contributed by atoms with E-state index >= 15 is 0 Å². The van der Waals surface area contributed by atoms with Gasteiger partial charge in [-0.05, 0) is 6.42 Å². The fraction of sp³-hybridized carbons (Fsp3) is 0.667. The summed E-state index contributed by atoms with van der Waals surface area (Å²) in [6.45, 7) is 2.76. The highest BCUT2D eigenvalue weighted by molar-refractivity contribution is 5.95. The van der Waals surface area contributed by atoms with Crippen molar-refractivity contribution in [1.29, 1.82) is 5.41 Å². The standard InChI is InChI=1S/C6H15N5.ClH.2H3N/c1-2-3-4-10-6(9)11-5(7)8;;;/h2-4H2,1H3,(H6,7,8,9,10,11);1H;2*1H3. The Bertz CT molecular complexity index is 158. The van der Waals surface area contributed by atoms with Crippen molar-refractivity contribution in [3.05, 3.63) is 0 Å². The fourth-order valence-corrected chi connectivity index (χ4v) is 0.535. The Morgan fingerprint density at radius 1 is 1.36 bits per heavy atom. The van der Waals surface area contributed by atoms with Crippen LogP contribution in [-0.4, -0.2) is 18.5 Å². The zero-order valence-electron chi connectivity index (χ0n) is 8.55. The molecule has 0 saturated heterocycles. The topological polar surface area (TPSA) is 170 Å². The fourth-order valence-electron chi connectivity index (χ4n) is 0.535. The number of rotatable bonds is 3. The second kappa shape index (κ2) is 14.5. The molecule has 0 aliphatic carbocycles. The Kier molecular flexibility index (Phi) is 23.9. The first-order valence-electron chi connectivity index (χ1n) is 3.57. The lowest BCUT2D eigenvalue weighted by atomic mass is 10.3. The van der Waals surface area contributed by atoms with Crippen LogP contribution in [-0.2, 0) is 0 Å². The van der Waals surface area contributed by atoms with Crippen LogP contribution in [0.2, 0.25) is 0 Å². The first-order valence-corrected chi connectivity index (χ1v) is 3.57. The van der Waals surface area contributed by atoms with Gasteiger partial charge >= 0.3 is 0 Å². The van der Waals surface area contributed by atoms with Crippen molar-refractivity contribution in [3.8, 4) is 0 Å². The molecule has 0 heterocycles. The van der Waals surface area contributed by atoms with Crippen LogP contribution >= 0.6 is 12.4 Å². The molecule has 0 atom stereocenters. The van der Waals surface area contributed by atoms with Crippen LogP contribution in [0, 0.1) is 5.41 Å². The summed E-state index contributed by atoms with van der Waals surface area (Å²) >= 11 is 0. The summed E-state index contributed by atoms with van der Waals surface area (Å²) in [6, 6.07) is 0. The molecule has 0 saturated carbocycles. The van der Waals surface area contributed by atoms with Gasteiger partial charge < -0.3 is 23.8 Å². The molecular weight excluding hydrogens is 206 g/mol. The van der Waals surface area contributed by atoms with E-state index in [4.69, 9.17) is 16.9 Å². The maximum Gasteiger partial charge on any atom is 0.195 e. The first-order chi connectivity index (χ1) is 5.16. The van der Waals surface area contributed by atoms with Crippen LogP contribution in [0.4, 0.5) is 0 Å². The van der Waals surface area contributed by atoms with Crippen LogP contribution in [0.25, 0.3) is 0 Å². The van der Waals surface area contributed by atoms with Gasteiger partial charge in [-0.2, -0.15) is 0 Å². The molecule has 0 spiro atoms. The SMILES string of the molecule is CCCCN=C(N)NC(=N)N.Cl.N.N. The smallest absolute Gasteiger partial charge is 0.195 e. The molecule has 0 aromatic carbocycles. The summed E-state index contributed by atoms with van der Waals surface area (Å²) in [5, 5.41) is 9.20. The van der Waals surface area contributed by atoms with E-state index < -0.39 is 0 Å². The summed E-state index contributed by atoms with van der Waals surface area (Å²) < 4.78 is 0. The highest BCUT2D eigenvalue weighted by Gasteiger charge is 1.90. The third-order valence-corrected chi connectivity index (χ3v) is 1.06. The minimum Gasteiger partial charge on any atom is -0.370 e. The van der Waals surface area contributed by atoms with E-state index in [-0.39, 0.29) is 36.6 Å². The Morgan fingerprint density at radius 3 is 2.21 bits per heavy atom. The summed E-state index contributed by atoms with van der Waals surface area (Å²) in [5.74, 6) is 0.0358. The van der Waals surface area contributed by atoms with Gasteiger partial charge in [0, 0.05) is 6.54 Å². The third kappa shape index (κ3) is 17.2. The summed E-state index contributed by atoms with van der Waals surface area (Å²) in [6.07, 6.45) is 2.08. The molecule has 0 aromatic rings. The molecule has 7 nitrogen and oxygen atoms in total. The van der Waals surface area contributed by atoms with Gasteiger partial charge in [-0.3, -0.25) is 15.7 Å². The van der Waals surface area contributed by atoms with Crippen molar-refractivity contribution in [1.82, 2.24) is 17.6 Å². The zero-order valence-corrected chi connectivity index (χ0v) is 9.36. The van der Waals surface area contributed by atoms with Gasteiger partial charge in [-0.15, -0.1) is 12.4 Å². The molecule has 0 aliphatic rings. The third-order valence-electron chi connectivity index (χ3n) is 1.06. The van der Waals surface area contributed by atoms with Gasteiger partial charge in [0.05, 0.1) is 0 Å². The lowest BCUT2D eigenvalue weighted by molar-refractivity contribution is 0.804. The molecule has 88 valence electrons. The summed E-state index contributed by atoms with van der Waals surface area (Å²) in [7, 11) is 0. The van der Waals surface area contributed by atoms with Gasteiger partial charge in [0.2, 0.25) is 0 Å². The predicted molar refractivity (Wildman–Crippen MR) is 63.7 cm³/mol. The number of hydrogen-bond donors (Lipinski definition) is 6. The molecule has 0 amide bonds. The van der Waals surface area contributed by atoms with Gasteiger partial charge in [0.25, 0.3) is 0 Å². The van der Waals surface area contributed by atoms with Crippen LogP contribution in [0.5, 0.6) is 0 Å². The largest absolute Gasteiger partial charge is 0.370 e. The molecule has 14 heavy (non-hydrogen) atoms. The number of nitrogens with zero attached hydrogens (tertiary/aromatic N) is 1. The van der Waals surface area contributed by atoms with Crippen molar-refractivity contribution in [2.24, 2.45) is 16.5 Å². The van der Waals surface area contributed by atoms with E-state index in [0.717, 1.165) is 12.8 Å². The van der Waals surface area contributed by atoms with Crippen LogP contribution in [0.3, 0.4) is 0 Å². The lowest BCUT2D eigenvalue weighted by Gasteiger charge is -2.00. The molecular formula is C6H22ClN7. The maximum absolute atomic E-state index is 6.81. The number of nitrogens with one attached hydrogen (secondary N) is 2. The Labute approximate surface area is 90.8 Å². The van der Waals surface area contributed by atoms with E-state index in [1.165, 1.54) is 0 Å². The molecule has 0 radical (unpaired) electrons. The highest BCUT2D eigenvalue weighted by Crippen LogP contribution is 1.85. The second-order valence-corrected chi connectivity index (χ2v) is 2.16. The maximum atomic E-state index is 6.81. The summed E-state index contributed by atoms with van der Waals surface area (Å²) in [5.41, 5.74) is 10.3. The molecule has 0 aromatic heterocycles. The quantitative estimate of drug-likeness (QED) is 0.231. The Hall–Kier alpha value is -1.05. The molecule has 0 rings (SSSR count). The van der Waals surface area contributed by atoms with E-state index in [0.29, 0.717) is 6.54 Å². The van der Waals surface area contributed by atoms with Crippen molar-refractivity contribution >= 4 is 24.3 Å². The Balaban J connectivity index is -0.000000167. The van der Waals surface area contributed by atoms with Crippen molar-refractivity contribution in [2.75, 3.05) is 6.54 Å². The summed E-state index contributed by atoms with van der Waals surface area (Å²) in [4.78, 5) is 3.92. The van der Waals surface area contributed by atoms with Crippen LogP contribution in [0.1, 0.15) is 19.8 Å². The predicted octanol–water partition coefficient (Wildman–Crippen LogP) is 0.330. The van der Waals surface area contributed by atoms with Crippen molar-refractivity contribution in [2.45, 2.75) is 19.8 Å². The average Bonchev–Trinajstić information content (AvgIpc) is 1.86. The minimum atomic E-state index is -0.178. The van der Waals surface area contributed by atoms with Crippen molar-refractivity contribution < 1.29 is 0 Å². The monoisotopic (exact) mass is 227 g/mol. The lowest BCUT2D eigenvalue weighted by Crippen LogP contribution is -2.40. The molecule has 0 bridgehead atoms. The van der Waals surface area contributed by atoms with Crippen molar-refractivity contribution in [3.63, 3.8) is 0 Å². The number of halogens is 1. The van der Waals surface area contributed by atoms with Crippen LogP contribution < -0.4 is 29.1 Å². The van der Waals surface area contributed by atoms with Gasteiger partial charge in [0.15, 0.2) is 11.9 Å². The van der Waals surface area contributed by atoms with E-state index in [1.807, 2.05) is 0 Å². The first kappa shape index (κ1) is 23.1. The number of unbranched alkanes of at least 4 members (excludes halogenated alkanes) is 1. The number of guanidine groups is 2. The number of hydrogen-bond acceptors (Lipinski definition) is 4.